The number of nitriles is 1. The third kappa shape index (κ3) is 2.60. The van der Waals surface area contributed by atoms with Crippen molar-refractivity contribution in [3.63, 3.8) is 0 Å². The van der Waals surface area contributed by atoms with E-state index in [1.165, 1.54) is 6.07 Å². The van der Waals surface area contributed by atoms with Gasteiger partial charge >= 0.3 is 0 Å². The highest BCUT2D eigenvalue weighted by Crippen LogP contribution is 2.27. The first-order valence-corrected chi connectivity index (χ1v) is 5.43. The molecule has 1 aromatic rings. The monoisotopic (exact) mass is 372 g/mol. The Hall–Kier alpha value is -0.290. The lowest BCUT2D eigenvalue weighted by Crippen LogP contribution is -1.99. The molecule has 2 nitrogen and oxygen atoms in total. The third-order valence-electron chi connectivity index (χ3n) is 1.47. The van der Waals surface area contributed by atoms with Gasteiger partial charge in [-0.15, -0.1) is 0 Å². The summed E-state index contributed by atoms with van der Waals surface area (Å²) >= 11 is 5.11. The fourth-order valence-corrected chi connectivity index (χ4v) is 1.80. The number of halogens is 4. The summed E-state index contributed by atoms with van der Waals surface area (Å²) in [7, 11) is 0. The van der Waals surface area contributed by atoms with Crippen LogP contribution in [0, 0.1) is 14.9 Å². The molecule has 0 spiro atoms. The molecule has 6 heteroatoms. The van der Waals surface area contributed by atoms with Crippen molar-refractivity contribution in [2.24, 2.45) is 0 Å². The summed E-state index contributed by atoms with van der Waals surface area (Å²) in [6.07, 6.45) is -2.57. The van der Waals surface area contributed by atoms with Gasteiger partial charge in [0.1, 0.15) is 5.69 Å². The highest BCUT2D eigenvalue weighted by atomic mass is 127. The average Bonchev–Trinajstić information content (AvgIpc) is 2.12. The van der Waals surface area contributed by atoms with Crippen molar-refractivity contribution in [2.75, 3.05) is 0 Å². The van der Waals surface area contributed by atoms with Crippen LogP contribution in [0.4, 0.5) is 8.78 Å². The first kappa shape index (κ1) is 11.8. The topological polar surface area (TPSA) is 36.7 Å². The van der Waals surface area contributed by atoms with Crippen molar-refractivity contribution >= 4 is 38.5 Å². The van der Waals surface area contributed by atoms with Gasteiger partial charge in [-0.1, -0.05) is 0 Å². The van der Waals surface area contributed by atoms with Gasteiger partial charge in [-0.3, -0.25) is 0 Å². The van der Waals surface area contributed by atoms with E-state index < -0.39 is 6.43 Å². The maximum atomic E-state index is 12.3. The highest BCUT2D eigenvalue weighted by molar-refractivity contribution is 14.1. The molecule has 0 unspecified atom stereocenters. The summed E-state index contributed by atoms with van der Waals surface area (Å²) in [5.41, 5.74) is 0.0836. The second-order valence-corrected chi connectivity index (χ2v) is 4.36. The Kier molecular flexibility index (Phi) is 4.19. The molecule has 0 saturated carbocycles. The lowest BCUT2D eigenvalue weighted by Gasteiger charge is -2.05. The van der Waals surface area contributed by atoms with Gasteiger partial charge in [-0.2, -0.15) is 5.26 Å². The van der Waals surface area contributed by atoms with Crippen LogP contribution >= 0.6 is 38.5 Å². The number of alkyl halides is 2. The molecule has 0 aliphatic rings. The van der Waals surface area contributed by atoms with Crippen LogP contribution in [0.3, 0.4) is 0 Å². The quantitative estimate of drug-likeness (QED) is 0.745. The van der Waals surface area contributed by atoms with Gasteiger partial charge in [-0.25, -0.2) is 13.8 Å². The van der Waals surface area contributed by atoms with Crippen LogP contribution in [0.1, 0.15) is 17.8 Å². The largest absolute Gasteiger partial charge is 0.280 e. The molecule has 0 aromatic carbocycles. The third-order valence-corrected chi connectivity index (χ3v) is 4.04. The molecule has 0 saturated heterocycles. The van der Waals surface area contributed by atoms with Crippen LogP contribution in [0.5, 0.6) is 0 Å². The summed E-state index contributed by atoms with van der Waals surface area (Å²) < 4.78 is 25.9. The number of nitrogens with zero attached hydrogens (tertiary/aromatic N) is 2. The van der Waals surface area contributed by atoms with Crippen molar-refractivity contribution < 1.29 is 8.78 Å². The Labute approximate surface area is 102 Å². The fraction of sp³-hybridized carbons (Fsp3) is 0.250. The van der Waals surface area contributed by atoms with Gasteiger partial charge in [0, 0.05) is 8.04 Å². The Morgan fingerprint density at radius 1 is 1.64 bits per heavy atom. The van der Waals surface area contributed by atoms with E-state index in [0.29, 0.717) is 13.7 Å². The van der Waals surface area contributed by atoms with Crippen LogP contribution in [-0.2, 0) is 6.42 Å². The minimum Gasteiger partial charge on any atom is -0.250 e. The molecule has 0 aliphatic heterocycles. The molecule has 1 rings (SSSR count). The van der Waals surface area contributed by atoms with E-state index in [9.17, 15) is 8.78 Å². The molecule has 0 amide bonds. The van der Waals surface area contributed by atoms with Gasteiger partial charge in [0.25, 0.3) is 6.43 Å². The van der Waals surface area contributed by atoms with Gasteiger partial charge in [0.15, 0.2) is 0 Å². The molecule has 0 bridgehead atoms. The molecule has 0 N–H and O–H groups in total. The summed E-state index contributed by atoms with van der Waals surface area (Å²) in [5, 5.41) is 8.47. The van der Waals surface area contributed by atoms with Gasteiger partial charge in [0.05, 0.1) is 18.2 Å². The Morgan fingerprint density at radius 3 is 2.79 bits per heavy atom. The van der Waals surface area contributed by atoms with E-state index in [0.717, 1.165) is 0 Å². The lowest BCUT2D eigenvalue weighted by molar-refractivity contribution is 0.145. The van der Waals surface area contributed by atoms with Crippen LogP contribution in [0.25, 0.3) is 0 Å². The van der Waals surface area contributed by atoms with E-state index in [1.54, 1.807) is 0 Å². The maximum absolute atomic E-state index is 12.3. The van der Waals surface area contributed by atoms with E-state index in [1.807, 2.05) is 28.7 Å². The SMILES string of the molecule is N#CCc1nc(C(F)F)cc(Br)c1I. The molecule has 14 heavy (non-hydrogen) atoms. The zero-order valence-electron chi connectivity index (χ0n) is 6.77. The van der Waals surface area contributed by atoms with Crippen molar-refractivity contribution in [3.8, 4) is 6.07 Å². The van der Waals surface area contributed by atoms with E-state index >= 15 is 0 Å². The van der Waals surface area contributed by atoms with E-state index in [-0.39, 0.29) is 12.1 Å². The van der Waals surface area contributed by atoms with Crippen molar-refractivity contribution in [1.82, 2.24) is 4.98 Å². The molecule has 0 aliphatic carbocycles. The predicted molar refractivity (Wildman–Crippen MR) is 58.9 cm³/mol. The Balaban J connectivity index is 3.22. The molecule has 0 fully saturated rings. The lowest BCUT2D eigenvalue weighted by atomic mass is 10.2. The smallest absolute Gasteiger partial charge is 0.250 e. The number of hydrogen-bond donors (Lipinski definition) is 0. The first-order valence-electron chi connectivity index (χ1n) is 3.56. The van der Waals surface area contributed by atoms with E-state index in [2.05, 4.69) is 20.9 Å². The molecule has 0 atom stereocenters. The summed E-state index contributed by atoms with van der Waals surface area (Å²) in [6.45, 7) is 0. The molecular weight excluding hydrogens is 369 g/mol. The predicted octanol–water partition coefficient (Wildman–Crippen LogP) is 3.45. The molecule has 1 aromatic heterocycles. The number of aromatic nitrogens is 1. The maximum Gasteiger partial charge on any atom is 0.280 e. The van der Waals surface area contributed by atoms with Crippen LogP contribution in [0.15, 0.2) is 10.5 Å². The second kappa shape index (κ2) is 4.98. The molecule has 0 radical (unpaired) electrons. The zero-order chi connectivity index (χ0) is 10.7. The highest BCUT2D eigenvalue weighted by Gasteiger charge is 2.14. The van der Waals surface area contributed by atoms with Crippen molar-refractivity contribution in [2.45, 2.75) is 12.8 Å². The van der Waals surface area contributed by atoms with Gasteiger partial charge < -0.3 is 0 Å². The summed E-state index contributed by atoms with van der Waals surface area (Å²) in [5.74, 6) is 0. The summed E-state index contributed by atoms with van der Waals surface area (Å²) in [6, 6.07) is 3.16. The van der Waals surface area contributed by atoms with Gasteiger partial charge in [-0.05, 0) is 44.6 Å². The first-order chi connectivity index (χ1) is 6.56. The molecule has 74 valence electrons. The number of hydrogen-bond acceptors (Lipinski definition) is 2. The van der Waals surface area contributed by atoms with E-state index in [4.69, 9.17) is 5.26 Å². The Bertz CT molecular complexity index is 390. The Morgan fingerprint density at radius 2 is 2.29 bits per heavy atom. The summed E-state index contributed by atoms with van der Waals surface area (Å²) in [4.78, 5) is 3.71. The van der Waals surface area contributed by atoms with Crippen molar-refractivity contribution in [3.05, 3.63) is 25.5 Å². The molecule has 1 heterocycles. The minimum absolute atomic E-state index is 0.0391. The zero-order valence-corrected chi connectivity index (χ0v) is 10.5. The van der Waals surface area contributed by atoms with Crippen LogP contribution in [-0.4, -0.2) is 4.98 Å². The average molecular weight is 373 g/mol. The second-order valence-electron chi connectivity index (χ2n) is 2.43. The number of pyridine rings is 1. The number of rotatable bonds is 2. The standard InChI is InChI=1S/C8H4BrF2IN2/c9-4-3-6(8(10)11)14-5(1-2-13)7(4)12/h3,8H,1H2. The normalized spacial score (nSPS) is 10.3. The molecular formula is C8H4BrF2IN2. The van der Waals surface area contributed by atoms with Crippen molar-refractivity contribution in [1.29, 1.82) is 5.26 Å². The van der Waals surface area contributed by atoms with Gasteiger partial charge in [0.2, 0.25) is 0 Å². The van der Waals surface area contributed by atoms with Crippen LogP contribution in [0.2, 0.25) is 0 Å². The fourth-order valence-electron chi connectivity index (χ4n) is 0.872. The minimum atomic E-state index is -2.61. The van der Waals surface area contributed by atoms with Crippen LogP contribution < -0.4 is 0 Å².